The van der Waals surface area contributed by atoms with E-state index in [1.807, 2.05) is 0 Å². The van der Waals surface area contributed by atoms with Crippen molar-refractivity contribution in [3.8, 4) is 0 Å². The number of esters is 1. The van der Waals surface area contributed by atoms with Crippen LogP contribution in [0.2, 0.25) is 0 Å². The number of amides is 3. The number of hydrogen-bond donors (Lipinski definition) is 0. The molecule has 2 aliphatic heterocycles. The minimum Gasteiger partial charge on any atom is -0.465 e. The van der Waals surface area contributed by atoms with Crippen LogP contribution in [0.4, 0.5) is 23.7 Å². The predicted molar refractivity (Wildman–Crippen MR) is 97.4 cm³/mol. The van der Waals surface area contributed by atoms with Crippen molar-refractivity contribution in [2.45, 2.75) is 25.9 Å². The Balaban J connectivity index is 1.69. The molecule has 1 saturated heterocycles. The summed E-state index contributed by atoms with van der Waals surface area (Å²) in [6, 6.07) is 4.99. The summed E-state index contributed by atoms with van der Waals surface area (Å²) in [6.45, 7) is 2.55. The van der Waals surface area contributed by atoms with E-state index in [1.54, 1.807) is 25.1 Å². The Kier molecular flexibility index (Phi) is 5.99. The minimum atomic E-state index is -4.88. The maximum absolute atomic E-state index is 12.7. The predicted octanol–water partition coefficient (Wildman–Crippen LogP) is 1.98. The maximum Gasteiger partial charge on any atom is 0.471 e. The van der Waals surface area contributed by atoms with Crippen molar-refractivity contribution in [1.82, 2.24) is 9.80 Å². The summed E-state index contributed by atoms with van der Waals surface area (Å²) >= 11 is 0. The topological polar surface area (TPSA) is 70.2 Å². The number of halogens is 3. The Hall–Kier alpha value is -2.78. The zero-order valence-corrected chi connectivity index (χ0v) is 16.0. The summed E-state index contributed by atoms with van der Waals surface area (Å²) in [4.78, 5) is 39.5. The van der Waals surface area contributed by atoms with Gasteiger partial charge in [-0.3, -0.25) is 14.5 Å². The van der Waals surface area contributed by atoms with Crippen LogP contribution < -0.4 is 4.90 Å². The van der Waals surface area contributed by atoms with Crippen molar-refractivity contribution in [3.63, 3.8) is 0 Å². The van der Waals surface area contributed by atoms with E-state index in [1.165, 1.54) is 9.80 Å². The van der Waals surface area contributed by atoms with Gasteiger partial charge in [-0.1, -0.05) is 6.07 Å². The number of urea groups is 1. The second kappa shape index (κ2) is 8.30. The van der Waals surface area contributed by atoms with Gasteiger partial charge in [0.1, 0.15) is 6.54 Å². The van der Waals surface area contributed by atoms with Gasteiger partial charge in [0.15, 0.2) is 0 Å². The highest BCUT2D eigenvalue weighted by molar-refractivity contribution is 5.96. The second-order valence-corrected chi connectivity index (χ2v) is 6.90. The lowest BCUT2D eigenvalue weighted by Crippen LogP contribution is -2.42. The Labute approximate surface area is 166 Å². The first-order valence-corrected chi connectivity index (χ1v) is 9.40. The van der Waals surface area contributed by atoms with Gasteiger partial charge in [0.25, 0.3) is 0 Å². The van der Waals surface area contributed by atoms with Crippen molar-refractivity contribution in [3.05, 3.63) is 29.3 Å². The molecule has 0 aromatic heterocycles. The smallest absolute Gasteiger partial charge is 0.465 e. The van der Waals surface area contributed by atoms with Crippen LogP contribution in [0.1, 0.15) is 18.1 Å². The third-order valence-electron chi connectivity index (χ3n) is 5.05. The molecule has 2 heterocycles. The number of hydrogen-bond acceptors (Lipinski definition) is 4. The molecule has 2 aliphatic rings. The van der Waals surface area contributed by atoms with Crippen LogP contribution in [0.15, 0.2) is 18.2 Å². The van der Waals surface area contributed by atoms with Gasteiger partial charge < -0.3 is 14.5 Å². The van der Waals surface area contributed by atoms with Crippen LogP contribution in [-0.2, 0) is 27.2 Å². The van der Waals surface area contributed by atoms with Gasteiger partial charge in [0.05, 0.1) is 6.61 Å². The van der Waals surface area contributed by atoms with Crippen LogP contribution in [0.25, 0.3) is 0 Å². The summed E-state index contributed by atoms with van der Waals surface area (Å²) in [5, 5.41) is 0. The van der Waals surface area contributed by atoms with Gasteiger partial charge in [0.2, 0.25) is 0 Å². The quantitative estimate of drug-likeness (QED) is 0.708. The molecule has 0 radical (unpaired) electrons. The summed E-state index contributed by atoms with van der Waals surface area (Å²) in [7, 11) is 0. The zero-order chi connectivity index (χ0) is 21.2. The summed E-state index contributed by atoms with van der Waals surface area (Å²) in [5.74, 6) is -2.30. The van der Waals surface area contributed by atoms with Crippen LogP contribution in [0.3, 0.4) is 0 Å². The van der Waals surface area contributed by atoms with E-state index in [0.29, 0.717) is 25.2 Å². The highest BCUT2D eigenvalue weighted by Gasteiger charge is 2.42. The molecule has 7 nitrogen and oxygen atoms in total. The average Bonchev–Trinajstić information content (AvgIpc) is 2.89. The Morgan fingerprint density at radius 2 is 1.76 bits per heavy atom. The molecule has 0 atom stereocenters. The number of fused-ring (bicyclic) bond motifs is 1. The average molecular weight is 413 g/mol. The van der Waals surface area contributed by atoms with Crippen LogP contribution in [0, 0.1) is 0 Å². The number of carbonyl (C=O) groups is 3. The summed E-state index contributed by atoms with van der Waals surface area (Å²) < 4.78 is 43.0. The number of ether oxygens (including phenoxy) is 1. The van der Waals surface area contributed by atoms with E-state index >= 15 is 0 Å². The van der Waals surface area contributed by atoms with E-state index < -0.39 is 18.1 Å². The molecule has 0 saturated carbocycles. The molecular weight excluding hydrogens is 391 g/mol. The first-order valence-electron chi connectivity index (χ1n) is 9.40. The number of nitrogens with zero attached hydrogens (tertiary/aromatic N) is 3. The molecular formula is C19H22F3N3O4. The Bertz CT molecular complexity index is 812. The maximum atomic E-state index is 12.7. The lowest BCUT2D eigenvalue weighted by atomic mass is 10.0. The fourth-order valence-corrected chi connectivity index (χ4v) is 3.59. The third kappa shape index (κ3) is 4.63. The van der Waals surface area contributed by atoms with Crippen molar-refractivity contribution >= 4 is 23.6 Å². The van der Waals surface area contributed by atoms with E-state index in [-0.39, 0.29) is 38.7 Å². The fourth-order valence-electron chi connectivity index (χ4n) is 3.59. The molecule has 0 bridgehead atoms. The van der Waals surface area contributed by atoms with Gasteiger partial charge in [-0.15, -0.1) is 0 Å². The number of alkyl halides is 3. The lowest BCUT2D eigenvalue weighted by molar-refractivity contribution is -0.185. The molecule has 3 amide bonds. The highest BCUT2D eigenvalue weighted by atomic mass is 19.4. The van der Waals surface area contributed by atoms with Crippen molar-refractivity contribution < 1.29 is 32.3 Å². The molecule has 1 aromatic rings. The van der Waals surface area contributed by atoms with Crippen molar-refractivity contribution in [2.75, 3.05) is 44.2 Å². The van der Waals surface area contributed by atoms with Crippen molar-refractivity contribution in [2.24, 2.45) is 0 Å². The number of carbonyl (C=O) groups excluding carboxylic acids is 3. The van der Waals surface area contributed by atoms with Crippen molar-refractivity contribution in [1.29, 1.82) is 0 Å². The molecule has 0 N–H and O–H groups in total. The molecule has 0 spiro atoms. The Morgan fingerprint density at radius 3 is 2.41 bits per heavy atom. The zero-order valence-electron chi connectivity index (χ0n) is 16.0. The molecule has 29 heavy (non-hydrogen) atoms. The first-order chi connectivity index (χ1) is 13.7. The van der Waals surface area contributed by atoms with E-state index in [9.17, 15) is 27.6 Å². The minimum absolute atomic E-state index is 0.000648. The fraction of sp³-hybridized carbons (Fsp3) is 0.526. The van der Waals surface area contributed by atoms with Crippen LogP contribution in [0.5, 0.6) is 0 Å². The Morgan fingerprint density at radius 1 is 1.07 bits per heavy atom. The first kappa shape index (κ1) is 20.9. The molecule has 1 aromatic carbocycles. The number of rotatable bonds is 4. The standard InChI is InChI=1S/C19H22F3N3O4/c1-2-29-16(26)12-24-9-10-25(18(24)28)15-4-3-13-5-7-23(8-6-14(13)11-15)17(27)19(20,21)22/h3-4,11H,2,5-10,12H2,1H3. The molecule has 0 aliphatic carbocycles. The molecule has 3 rings (SSSR count). The van der Waals surface area contributed by atoms with Gasteiger partial charge >= 0.3 is 24.1 Å². The van der Waals surface area contributed by atoms with E-state index in [0.717, 1.165) is 16.0 Å². The molecule has 1 fully saturated rings. The van der Waals surface area contributed by atoms with Gasteiger partial charge in [-0.05, 0) is 43.0 Å². The van der Waals surface area contributed by atoms with Gasteiger partial charge in [-0.25, -0.2) is 4.79 Å². The van der Waals surface area contributed by atoms with Crippen LogP contribution in [-0.4, -0.2) is 73.2 Å². The molecule has 0 unspecified atom stereocenters. The summed E-state index contributed by atoms with van der Waals surface area (Å²) in [5.41, 5.74) is 2.30. The lowest BCUT2D eigenvalue weighted by Gasteiger charge is -2.21. The van der Waals surface area contributed by atoms with Gasteiger partial charge in [0, 0.05) is 31.9 Å². The molecule has 158 valence electrons. The SMILES string of the molecule is CCOC(=O)CN1CCN(c2ccc3c(c2)CCN(C(=O)C(F)(F)F)CC3)C1=O. The largest absolute Gasteiger partial charge is 0.471 e. The molecule has 10 heteroatoms. The van der Waals surface area contributed by atoms with Gasteiger partial charge in [-0.2, -0.15) is 13.2 Å². The monoisotopic (exact) mass is 413 g/mol. The number of benzene rings is 1. The van der Waals surface area contributed by atoms with E-state index in [2.05, 4.69) is 0 Å². The second-order valence-electron chi connectivity index (χ2n) is 6.90. The van der Waals surface area contributed by atoms with Crippen LogP contribution >= 0.6 is 0 Å². The number of anilines is 1. The normalized spacial score (nSPS) is 17.2. The summed E-state index contributed by atoms with van der Waals surface area (Å²) in [6.07, 6.45) is -4.29. The third-order valence-corrected chi connectivity index (χ3v) is 5.05. The highest BCUT2D eigenvalue weighted by Crippen LogP contribution is 2.27. The van der Waals surface area contributed by atoms with E-state index in [4.69, 9.17) is 4.74 Å².